The molecule has 0 aromatic heterocycles. The SMILES string of the molecule is C=CC[SiH2]c1ccc(CCC)cc1. The Morgan fingerprint density at radius 2 is 2.00 bits per heavy atom. The van der Waals surface area contributed by atoms with Crippen molar-refractivity contribution in [1.29, 1.82) is 0 Å². The summed E-state index contributed by atoms with van der Waals surface area (Å²) in [5.41, 5.74) is 1.47. The topological polar surface area (TPSA) is 0 Å². The first kappa shape index (κ1) is 10.3. The van der Waals surface area contributed by atoms with E-state index in [1.54, 1.807) is 5.19 Å². The molecular formula is C12H18Si. The number of hydrogen-bond acceptors (Lipinski definition) is 0. The van der Waals surface area contributed by atoms with Gasteiger partial charge in [0.1, 0.15) is 0 Å². The highest BCUT2D eigenvalue weighted by Gasteiger charge is 1.93. The van der Waals surface area contributed by atoms with Crippen molar-refractivity contribution in [3.63, 3.8) is 0 Å². The van der Waals surface area contributed by atoms with Gasteiger partial charge in [-0.15, -0.1) is 6.58 Å². The molecule has 0 aliphatic carbocycles. The summed E-state index contributed by atoms with van der Waals surface area (Å²) in [6.07, 6.45) is 4.49. The number of hydrogen-bond donors (Lipinski definition) is 0. The van der Waals surface area contributed by atoms with Crippen molar-refractivity contribution < 1.29 is 0 Å². The predicted octanol–water partition coefficient (Wildman–Crippen LogP) is 2.04. The second-order valence-electron chi connectivity index (χ2n) is 3.39. The van der Waals surface area contributed by atoms with E-state index in [1.807, 2.05) is 6.08 Å². The molecule has 70 valence electrons. The van der Waals surface area contributed by atoms with Gasteiger partial charge in [-0.05, 0) is 18.0 Å². The van der Waals surface area contributed by atoms with Crippen LogP contribution in [0.25, 0.3) is 0 Å². The molecule has 0 atom stereocenters. The third-order valence-corrected chi connectivity index (χ3v) is 3.94. The summed E-state index contributed by atoms with van der Waals surface area (Å²) in [7, 11) is -0.0594. The molecule has 0 fully saturated rings. The first-order valence-corrected chi connectivity index (χ1v) is 6.76. The van der Waals surface area contributed by atoms with Crippen LogP contribution in [0.4, 0.5) is 0 Å². The van der Waals surface area contributed by atoms with Crippen LogP contribution in [0.15, 0.2) is 36.9 Å². The summed E-state index contributed by atoms with van der Waals surface area (Å²) in [6, 6.07) is 10.3. The fourth-order valence-electron chi connectivity index (χ4n) is 1.43. The van der Waals surface area contributed by atoms with Crippen LogP contribution in [0.1, 0.15) is 18.9 Å². The van der Waals surface area contributed by atoms with Crippen LogP contribution in [0.5, 0.6) is 0 Å². The lowest BCUT2D eigenvalue weighted by atomic mass is 10.1. The predicted molar refractivity (Wildman–Crippen MR) is 63.6 cm³/mol. The molecule has 1 rings (SSSR count). The van der Waals surface area contributed by atoms with Crippen molar-refractivity contribution >= 4 is 14.7 Å². The zero-order valence-corrected chi connectivity index (χ0v) is 9.84. The summed E-state index contributed by atoms with van der Waals surface area (Å²) >= 11 is 0. The first-order valence-electron chi connectivity index (χ1n) is 5.05. The molecule has 1 aromatic rings. The lowest BCUT2D eigenvalue weighted by molar-refractivity contribution is 0.922. The maximum Gasteiger partial charge on any atom is 0.0584 e. The highest BCUT2D eigenvalue weighted by atomic mass is 28.2. The van der Waals surface area contributed by atoms with Crippen LogP contribution in [0.3, 0.4) is 0 Å². The maximum atomic E-state index is 3.76. The van der Waals surface area contributed by atoms with E-state index < -0.39 is 0 Å². The molecule has 0 saturated carbocycles. The number of rotatable bonds is 5. The fourth-order valence-corrected chi connectivity index (χ4v) is 2.54. The lowest BCUT2D eigenvalue weighted by Gasteiger charge is -2.00. The number of allylic oxidation sites excluding steroid dienone is 1. The molecule has 13 heavy (non-hydrogen) atoms. The molecule has 1 aromatic carbocycles. The summed E-state index contributed by atoms with van der Waals surface area (Å²) in [6.45, 7) is 5.98. The van der Waals surface area contributed by atoms with E-state index in [0.29, 0.717) is 0 Å². The van der Waals surface area contributed by atoms with Crippen molar-refractivity contribution in [2.75, 3.05) is 0 Å². The minimum atomic E-state index is -0.0594. The Hall–Kier alpha value is -0.823. The third-order valence-electron chi connectivity index (χ3n) is 2.20. The summed E-state index contributed by atoms with van der Waals surface area (Å²) in [5.74, 6) is 0. The molecule has 0 spiro atoms. The van der Waals surface area contributed by atoms with E-state index in [2.05, 4.69) is 37.8 Å². The van der Waals surface area contributed by atoms with E-state index in [9.17, 15) is 0 Å². The van der Waals surface area contributed by atoms with Crippen molar-refractivity contribution in [3.05, 3.63) is 42.5 Å². The normalized spacial score (nSPS) is 10.8. The summed E-state index contributed by atoms with van der Waals surface area (Å²) in [4.78, 5) is 0. The molecule has 0 nitrogen and oxygen atoms in total. The third kappa shape index (κ3) is 3.60. The fraction of sp³-hybridized carbons (Fsp3) is 0.333. The minimum absolute atomic E-state index is 0.0594. The van der Waals surface area contributed by atoms with Crippen molar-refractivity contribution in [3.8, 4) is 0 Å². The van der Waals surface area contributed by atoms with E-state index in [4.69, 9.17) is 0 Å². The van der Waals surface area contributed by atoms with Crippen molar-refractivity contribution in [1.82, 2.24) is 0 Å². The van der Waals surface area contributed by atoms with Crippen molar-refractivity contribution in [2.45, 2.75) is 25.8 Å². The van der Waals surface area contributed by atoms with Crippen LogP contribution in [0.2, 0.25) is 6.04 Å². The molecule has 0 heterocycles. The number of benzene rings is 1. The average molecular weight is 190 g/mol. The van der Waals surface area contributed by atoms with Gasteiger partial charge in [0.05, 0.1) is 9.52 Å². The quantitative estimate of drug-likeness (QED) is 0.492. The molecule has 0 N–H and O–H groups in total. The lowest BCUT2D eigenvalue weighted by Crippen LogP contribution is -2.12. The number of aryl methyl sites for hydroxylation is 1. The molecule has 0 amide bonds. The molecular weight excluding hydrogens is 172 g/mol. The maximum absolute atomic E-state index is 3.76. The Kier molecular flexibility index (Phi) is 4.55. The van der Waals surface area contributed by atoms with Gasteiger partial charge in [0, 0.05) is 0 Å². The summed E-state index contributed by atoms with van der Waals surface area (Å²) < 4.78 is 0. The van der Waals surface area contributed by atoms with Gasteiger partial charge in [-0.2, -0.15) is 0 Å². The average Bonchev–Trinajstić information content (AvgIpc) is 2.17. The van der Waals surface area contributed by atoms with Crippen LogP contribution in [-0.4, -0.2) is 9.52 Å². The molecule has 0 radical (unpaired) electrons. The molecule has 0 aliphatic heterocycles. The van der Waals surface area contributed by atoms with Crippen LogP contribution in [0, 0.1) is 0 Å². The largest absolute Gasteiger partial charge is 0.103 e. The van der Waals surface area contributed by atoms with Crippen LogP contribution >= 0.6 is 0 Å². The zero-order valence-electron chi connectivity index (χ0n) is 8.42. The minimum Gasteiger partial charge on any atom is -0.103 e. The van der Waals surface area contributed by atoms with Gasteiger partial charge in [-0.25, -0.2) is 0 Å². The Bertz CT molecular complexity index is 248. The molecule has 0 saturated heterocycles. The van der Waals surface area contributed by atoms with Gasteiger partial charge in [-0.3, -0.25) is 0 Å². The molecule has 0 bridgehead atoms. The zero-order chi connectivity index (χ0) is 9.52. The Morgan fingerprint density at radius 3 is 2.54 bits per heavy atom. The highest BCUT2D eigenvalue weighted by Crippen LogP contribution is 2.00. The van der Waals surface area contributed by atoms with Gasteiger partial charge in [0.2, 0.25) is 0 Å². The monoisotopic (exact) mass is 190 g/mol. The Morgan fingerprint density at radius 1 is 1.31 bits per heavy atom. The highest BCUT2D eigenvalue weighted by molar-refractivity contribution is 6.53. The van der Waals surface area contributed by atoms with Gasteiger partial charge < -0.3 is 0 Å². The van der Waals surface area contributed by atoms with E-state index in [-0.39, 0.29) is 9.52 Å². The second-order valence-corrected chi connectivity index (χ2v) is 5.29. The second kappa shape index (κ2) is 5.76. The van der Waals surface area contributed by atoms with E-state index >= 15 is 0 Å². The summed E-state index contributed by atoms with van der Waals surface area (Å²) in [5, 5.41) is 1.56. The molecule has 0 unspecified atom stereocenters. The smallest absolute Gasteiger partial charge is 0.0584 e. The molecule has 1 heteroatoms. The Labute approximate surface area is 83.5 Å². The van der Waals surface area contributed by atoms with Crippen LogP contribution in [-0.2, 0) is 6.42 Å². The first-order chi connectivity index (χ1) is 6.36. The van der Waals surface area contributed by atoms with Crippen molar-refractivity contribution in [2.24, 2.45) is 0 Å². The Balaban J connectivity index is 2.53. The van der Waals surface area contributed by atoms with Crippen LogP contribution < -0.4 is 5.19 Å². The van der Waals surface area contributed by atoms with Gasteiger partial charge in [0.15, 0.2) is 0 Å². The van der Waals surface area contributed by atoms with E-state index in [1.165, 1.54) is 24.4 Å². The van der Waals surface area contributed by atoms with E-state index in [0.717, 1.165) is 0 Å². The van der Waals surface area contributed by atoms with Gasteiger partial charge in [-0.1, -0.05) is 48.9 Å². The van der Waals surface area contributed by atoms with Gasteiger partial charge in [0.25, 0.3) is 0 Å². The standard InChI is InChI=1S/C12H18Si/c1-3-5-11-6-8-12(9-7-11)13-10-4-2/h4,6-9H,2-3,5,10,13H2,1H3. The molecule has 0 aliphatic rings. The van der Waals surface area contributed by atoms with Gasteiger partial charge >= 0.3 is 0 Å².